The van der Waals surface area contributed by atoms with E-state index < -0.39 is 8.38 Å². The maximum atomic E-state index is 5.04. The minimum absolute atomic E-state index is 0.224. The highest BCUT2D eigenvalue weighted by molar-refractivity contribution is 7.50. The van der Waals surface area contributed by atoms with E-state index in [4.69, 9.17) is 21.9 Å². The number of terminal acetylenes is 2. The Balaban J connectivity index is 3.52. The third-order valence-corrected chi connectivity index (χ3v) is 1.76. The van der Waals surface area contributed by atoms with E-state index in [0.29, 0.717) is 0 Å². The van der Waals surface area contributed by atoms with Gasteiger partial charge in [-0.15, -0.1) is 12.8 Å². The van der Waals surface area contributed by atoms with Crippen molar-refractivity contribution in [2.45, 2.75) is 0 Å². The fourth-order valence-electron chi connectivity index (χ4n) is 0.344. The van der Waals surface area contributed by atoms with E-state index in [1.807, 2.05) is 0 Å². The van der Waals surface area contributed by atoms with Crippen LogP contribution in [0.3, 0.4) is 0 Å². The molecule has 0 radical (unpaired) electrons. The molecule has 58 valence electrons. The molecule has 0 aromatic heterocycles. The molecule has 0 amide bonds. The first-order valence-corrected chi connectivity index (χ1v) is 4.14. The zero-order chi connectivity index (χ0) is 8.53. The van der Waals surface area contributed by atoms with Gasteiger partial charge in [0.05, 0.1) is 0 Å². The van der Waals surface area contributed by atoms with Crippen LogP contribution >= 0.6 is 8.38 Å². The molecule has 0 fully saturated rings. The molecule has 0 spiro atoms. The fraction of sp³-hybridized carbons (Fsp3) is 0.250. The van der Waals surface area contributed by atoms with E-state index in [0.717, 1.165) is 0 Å². The number of rotatable bonds is 5. The van der Waals surface area contributed by atoms with Gasteiger partial charge in [-0.25, -0.2) is 0 Å². The first-order valence-electron chi connectivity index (χ1n) is 2.89. The second-order valence-corrected chi connectivity index (χ2v) is 2.88. The minimum atomic E-state index is -1.09. The summed E-state index contributed by atoms with van der Waals surface area (Å²) in [4.78, 5) is 0. The molecular weight excluding hydrogens is 159 g/mol. The Morgan fingerprint density at radius 3 is 2.00 bits per heavy atom. The lowest BCUT2D eigenvalue weighted by atomic mass is 10.8. The van der Waals surface area contributed by atoms with Gasteiger partial charge in [-0.05, 0) is 5.82 Å². The highest BCUT2D eigenvalue weighted by atomic mass is 31.2. The average Bonchev–Trinajstić information content (AvgIpc) is 2.05. The zero-order valence-electron chi connectivity index (χ0n) is 6.12. The summed E-state index contributed by atoms with van der Waals surface area (Å²) in [6.07, 6.45) is 9.93. The van der Waals surface area contributed by atoms with E-state index in [1.165, 1.54) is 0 Å². The van der Waals surface area contributed by atoms with Crippen LogP contribution in [0.15, 0.2) is 12.4 Å². The molecule has 0 rings (SSSR count). The van der Waals surface area contributed by atoms with Crippen molar-refractivity contribution in [2.75, 3.05) is 13.2 Å². The topological polar surface area (TPSA) is 18.5 Å². The molecule has 0 aliphatic rings. The first kappa shape index (κ1) is 10.2. The summed E-state index contributed by atoms with van der Waals surface area (Å²) in [5, 5.41) is 0. The van der Waals surface area contributed by atoms with Crippen molar-refractivity contribution in [1.82, 2.24) is 0 Å². The average molecular weight is 168 g/mol. The Kier molecular flexibility index (Phi) is 6.79. The van der Waals surface area contributed by atoms with Crippen LogP contribution in [0.25, 0.3) is 0 Å². The van der Waals surface area contributed by atoms with Gasteiger partial charge in [0.15, 0.2) is 8.38 Å². The molecule has 0 unspecified atom stereocenters. The Bertz CT molecular complexity index is 169. The molecule has 11 heavy (non-hydrogen) atoms. The summed E-state index contributed by atoms with van der Waals surface area (Å²) in [6.45, 7) is 3.96. The zero-order valence-corrected chi connectivity index (χ0v) is 7.01. The molecule has 0 heterocycles. The monoisotopic (exact) mass is 168 g/mol. The highest BCUT2D eigenvalue weighted by Crippen LogP contribution is 2.38. The normalized spacial score (nSPS) is 8.64. The highest BCUT2D eigenvalue weighted by Gasteiger charge is 2.01. The van der Waals surface area contributed by atoms with E-state index >= 15 is 0 Å². The van der Waals surface area contributed by atoms with Crippen molar-refractivity contribution in [1.29, 1.82) is 0 Å². The summed E-state index contributed by atoms with van der Waals surface area (Å²) < 4.78 is 10.1. The Labute approximate surface area is 68.5 Å². The van der Waals surface area contributed by atoms with Crippen LogP contribution < -0.4 is 0 Å². The van der Waals surface area contributed by atoms with Crippen molar-refractivity contribution in [3.63, 3.8) is 0 Å². The molecule has 3 heteroatoms. The van der Waals surface area contributed by atoms with E-state index in [2.05, 4.69) is 18.4 Å². The van der Waals surface area contributed by atoms with Gasteiger partial charge in [0.2, 0.25) is 0 Å². The Hall–Kier alpha value is -0.790. The Morgan fingerprint density at radius 1 is 1.27 bits per heavy atom. The second kappa shape index (κ2) is 7.32. The van der Waals surface area contributed by atoms with Gasteiger partial charge in [-0.2, -0.15) is 0 Å². The molecule has 0 aliphatic heterocycles. The standard InChI is InChI=1S/C8H9O2P/c1-4-7-9-11(6-3)10-8-5-2/h1-2,6H,3,7-8H2. The summed E-state index contributed by atoms with van der Waals surface area (Å²) in [5.41, 5.74) is 0. The molecule has 0 aromatic rings. The molecule has 0 bridgehead atoms. The number of hydrogen-bond acceptors (Lipinski definition) is 2. The maximum Gasteiger partial charge on any atom is 0.198 e. The van der Waals surface area contributed by atoms with E-state index in [9.17, 15) is 0 Å². The van der Waals surface area contributed by atoms with Crippen LogP contribution in [0.4, 0.5) is 0 Å². The van der Waals surface area contributed by atoms with Crippen LogP contribution in [-0.2, 0) is 9.05 Å². The van der Waals surface area contributed by atoms with Crippen LogP contribution in [0, 0.1) is 24.7 Å². The molecule has 0 saturated heterocycles. The minimum Gasteiger partial charge on any atom is -0.318 e. The predicted octanol–water partition coefficient (Wildman–Crippen LogP) is 1.74. The smallest absolute Gasteiger partial charge is 0.198 e. The molecule has 0 N–H and O–H groups in total. The molecule has 0 saturated carbocycles. The van der Waals surface area contributed by atoms with Gasteiger partial charge in [-0.1, -0.05) is 18.4 Å². The van der Waals surface area contributed by atoms with Crippen molar-refractivity contribution >= 4 is 8.38 Å². The van der Waals surface area contributed by atoms with Gasteiger partial charge < -0.3 is 9.05 Å². The van der Waals surface area contributed by atoms with Gasteiger partial charge in [0.25, 0.3) is 0 Å². The van der Waals surface area contributed by atoms with Crippen molar-refractivity contribution in [3.05, 3.63) is 12.4 Å². The van der Waals surface area contributed by atoms with Gasteiger partial charge in [0, 0.05) is 0 Å². The lowest BCUT2D eigenvalue weighted by Gasteiger charge is -2.08. The summed E-state index contributed by atoms with van der Waals surface area (Å²) >= 11 is 0. The first-order chi connectivity index (χ1) is 5.35. The largest absolute Gasteiger partial charge is 0.318 e. The van der Waals surface area contributed by atoms with E-state index in [-0.39, 0.29) is 13.2 Å². The van der Waals surface area contributed by atoms with Crippen LogP contribution in [0.2, 0.25) is 0 Å². The van der Waals surface area contributed by atoms with Crippen molar-refractivity contribution in [2.24, 2.45) is 0 Å². The fourth-order valence-corrected chi connectivity index (χ4v) is 1.03. The van der Waals surface area contributed by atoms with Gasteiger partial charge in [-0.3, -0.25) is 0 Å². The second-order valence-electron chi connectivity index (χ2n) is 1.42. The lowest BCUT2D eigenvalue weighted by molar-refractivity contribution is 0.305. The molecule has 2 nitrogen and oxygen atoms in total. The third kappa shape index (κ3) is 5.64. The molecular formula is C8H9O2P. The van der Waals surface area contributed by atoms with Gasteiger partial charge >= 0.3 is 0 Å². The lowest BCUT2D eigenvalue weighted by Crippen LogP contribution is -1.89. The summed E-state index contributed by atoms with van der Waals surface area (Å²) in [5.74, 6) is 6.21. The van der Waals surface area contributed by atoms with Crippen molar-refractivity contribution in [3.8, 4) is 24.7 Å². The SMILES string of the molecule is C#CCOP(C=C)OCC#C. The third-order valence-electron chi connectivity index (χ3n) is 0.699. The quantitative estimate of drug-likeness (QED) is 0.459. The Morgan fingerprint density at radius 2 is 1.73 bits per heavy atom. The van der Waals surface area contributed by atoms with Crippen LogP contribution in [0.1, 0.15) is 0 Å². The summed E-state index contributed by atoms with van der Waals surface area (Å²) in [6, 6.07) is 0. The van der Waals surface area contributed by atoms with Crippen molar-refractivity contribution < 1.29 is 9.05 Å². The van der Waals surface area contributed by atoms with Gasteiger partial charge in [0.1, 0.15) is 13.2 Å². The molecule has 0 atom stereocenters. The van der Waals surface area contributed by atoms with Crippen LogP contribution in [-0.4, -0.2) is 13.2 Å². The maximum absolute atomic E-state index is 5.04. The summed E-state index contributed by atoms with van der Waals surface area (Å²) in [7, 11) is -1.09. The van der Waals surface area contributed by atoms with Crippen LogP contribution in [0.5, 0.6) is 0 Å². The van der Waals surface area contributed by atoms with E-state index in [1.54, 1.807) is 5.82 Å². The molecule has 0 aromatic carbocycles. The molecule has 0 aliphatic carbocycles. The number of hydrogen-bond donors (Lipinski definition) is 0. The predicted molar refractivity (Wildman–Crippen MR) is 46.7 cm³/mol.